The zero-order chi connectivity index (χ0) is 23.1. The van der Waals surface area contributed by atoms with Crippen molar-refractivity contribution in [2.45, 2.75) is 25.8 Å². The predicted octanol–water partition coefficient (Wildman–Crippen LogP) is 5.01. The number of hydrogen-bond acceptors (Lipinski definition) is 3. The van der Waals surface area contributed by atoms with Gasteiger partial charge in [-0.25, -0.2) is 4.39 Å². The summed E-state index contributed by atoms with van der Waals surface area (Å²) < 4.78 is 14.2. The van der Waals surface area contributed by atoms with Gasteiger partial charge in [-0.3, -0.25) is 14.7 Å². The van der Waals surface area contributed by atoms with Crippen molar-refractivity contribution in [3.63, 3.8) is 0 Å². The van der Waals surface area contributed by atoms with Crippen molar-refractivity contribution in [3.8, 4) is 11.1 Å². The highest BCUT2D eigenvalue weighted by atomic mass is 19.1. The molecule has 1 aromatic heterocycles. The second-order valence-electron chi connectivity index (χ2n) is 8.76. The van der Waals surface area contributed by atoms with Gasteiger partial charge in [0.15, 0.2) is 0 Å². The Hall–Kier alpha value is -3.31. The molecule has 0 aliphatic carbocycles. The van der Waals surface area contributed by atoms with E-state index in [0.29, 0.717) is 18.5 Å². The van der Waals surface area contributed by atoms with Crippen LogP contribution in [0.4, 0.5) is 4.39 Å². The standard InChI is InChI=1S/C28H30FN3O/c1-2-15-31-27(33)28(13-18-32(19-14-28)21-23-11-16-30-17-12-23)20-22-7-9-24(10-8-22)25-5-3-4-6-26(25)29/h2-12,16-17H,1,13-15,18-21H2,(H,31,33). The Morgan fingerprint density at radius 3 is 2.39 bits per heavy atom. The number of pyridine rings is 1. The first-order valence-corrected chi connectivity index (χ1v) is 11.4. The van der Waals surface area contributed by atoms with E-state index in [1.54, 1.807) is 18.2 Å². The minimum absolute atomic E-state index is 0.0872. The molecule has 2 aromatic carbocycles. The van der Waals surface area contributed by atoms with Crippen LogP contribution in [0.5, 0.6) is 0 Å². The van der Waals surface area contributed by atoms with E-state index < -0.39 is 5.41 Å². The van der Waals surface area contributed by atoms with E-state index in [-0.39, 0.29) is 11.7 Å². The third kappa shape index (κ3) is 5.55. The summed E-state index contributed by atoms with van der Waals surface area (Å²) in [6.45, 7) is 6.78. The molecule has 0 atom stereocenters. The molecule has 2 heterocycles. The number of rotatable bonds is 8. The number of nitrogens with one attached hydrogen (secondary N) is 1. The zero-order valence-corrected chi connectivity index (χ0v) is 18.8. The fourth-order valence-electron chi connectivity index (χ4n) is 4.61. The number of amides is 1. The molecule has 1 aliphatic rings. The summed E-state index contributed by atoms with van der Waals surface area (Å²) in [7, 11) is 0. The van der Waals surface area contributed by atoms with E-state index in [0.717, 1.165) is 43.6 Å². The molecule has 5 heteroatoms. The van der Waals surface area contributed by atoms with Crippen LogP contribution in [-0.4, -0.2) is 35.4 Å². The minimum Gasteiger partial charge on any atom is -0.352 e. The Kier molecular flexibility index (Phi) is 7.30. The molecule has 1 aliphatic heterocycles. The molecule has 1 saturated heterocycles. The Labute approximate surface area is 195 Å². The SMILES string of the molecule is C=CCNC(=O)C1(Cc2ccc(-c3ccccc3F)cc2)CCN(Cc2ccncc2)CC1. The highest BCUT2D eigenvalue weighted by Gasteiger charge is 2.41. The molecular formula is C28H30FN3O. The first-order valence-electron chi connectivity index (χ1n) is 11.4. The number of halogens is 1. The molecule has 4 nitrogen and oxygen atoms in total. The van der Waals surface area contributed by atoms with E-state index in [2.05, 4.69) is 21.8 Å². The van der Waals surface area contributed by atoms with E-state index in [4.69, 9.17) is 0 Å². The van der Waals surface area contributed by atoms with Crippen LogP contribution in [0.25, 0.3) is 11.1 Å². The minimum atomic E-state index is -0.461. The lowest BCUT2D eigenvalue weighted by Crippen LogP contribution is -2.49. The maximum Gasteiger partial charge on any atom is 0.226 e. The first kappa shape index (κ1) is 22.9. The van der Waals surface area contributed by atoms with Gasteiger partial charge in [-0.2, -0.15) is 0 Å². The lowest BCUT2D eigenvalue weighted by molar-refractivity contribution is -0.133. The molecule has 0 bridgehead atoms. The molecule has 0 unspecified atom stereocenters. The summed E-state index contributed by atoms with van der Waals surface area (Å²) in [4.78, 5) is 19.7. The number of nitrogens with zero attached hydrogens (tertiary/aromatic N) is 2. The highest BCUT2D eigenvalue weighted by Crippen LogP contribution is 2.36. The largest absolute Gasteiger partial charge is 0.352 e. The molecule has 33 heavy (non-hydrogen) atoms. The van der Waals surface area contributed by atoms with Crippen molar-refractivity contribution in [2.24, 2.45) is 5.41 Å². The monoisotopic (exact) mass is 443 g/mol. The number of hydrogen-bond donors (Lipinski definition) is 1. The van der Waals surface area contributed by atoms with Crippen molar-refractivity contribution in [1.82, 2.24) is 15.2 Å². The molecule has 4 rings (SSSR count). The Morgan fingerprint density at radius 1 is 1.03 bits per heavy atom. The Balaban J connectivity index is 1.49. The summed E-state index contributed by atoms with van der Waals surface area (Å²) >= 11 is 0. The summed E-state index contributed by atoms with van der Waals surface area (Å²) in [5.41, 5.74) is 3.29. The van der Waals surface area contributed by atoms with Crippen LogP contribution in [-0.2, 0) is 17.8 Å². The molecule has 1 fully saturated rings. The van der Waals surface area contributed by atoms with Crippen molar-refractivity contribution in [3.05, 3.63) is 103 Å². The number of likely N-dealkylation sites (tertiary alicyclic amines) is 1. The van der Waals surface area contributed by atoms with Gasteiger partial charge in [0.1, 0.15) is 5.82 Å². The summed E-state index contributed by atoms with van der Waals surface area (Å²) in [5, 5.41) is 3.04. The van der Waals surface area contributed by atoms with Crippen molar-refractivity contribution >= 4 is 5.91 Å². The fourth-order valence-corrected chi connectivity index (χ4v) is 4.61. The number of benzene rings is 2. The van der Waals surface area contributed by atoms with Crippen LogP contribution in [0.1, 0.15) is 24.0 Å². The van der Waals surface area contributed by atoms with Gasteiger partial charge >= 0.3 is 0 Å². The van der Waals surface area contributed by atoms with Crippen LogP contribution in [0, 0.1) is 11.2 Å². The summed E-state index contributed by atoms with van der Waals surface area (Å²) in [5.74, 6) is -0.142. The zero-order valence-electron chi connectivity index (χ0n) is 18.8. The third-order valence-electron chi connectivity index (χ3n) is 6.54. The van der Waals surface area contributed by atoms with E-state index >= 15 is 0 Å². The van der Waals surface area contributed by atoms with Crippen LogP contribution in [0.3, 0.4) is 0 Å². The topological polar surface area (TPSA) is 45.2 Å². The number of carbonyl (C=O) groups excluding carboxylic acids is 1. The summed E-state index contributed by atoms with van der Waals surface area (Å²) in [6, 6.07) is 18.8. The molecule has 3 aromatic rings. The normalized spacial score (nSPS) is 15.7. The average molecular weight is 444 g/mol. The lowest BCUT2D eigenvalue weighted by Gasteiger charge is -2.41. The maximum absolute atomic E-state index is 14.2. The van der Waals surface area contributed by atoms with Gasteiger partial charge in [0.25, 0.3) is 0 Å². The van der Waals surface area contributed by atoms with Gasteiger partial charge < -0.3 is 5.32 Å². The molecule has 0 spiro atoms. The maximum atomic E-state index is 14.2. The number of carbonyl (C=O) groups is 1. The van der Waals surface area contributed by atoms with Gasteiger partial charge in [0, 0.05) is 31.0 Å². The number of aromatic nitrogens is 1. The number of piperidine rings is 1. The predicted molar refractivity (Wildman–Crippen MR) is 130 cm³/mol. The van der Waals surface area contributed by atoms with E-state index in [1.807, 2.05) is 54.9 Å². The van der Waals surface area contributed by atoms with Gasteiger partial charge in [-0.1, -0.05) is 48.5 Å². The Morgan fingerprint density at radius 2 is 1.73 bits per heavy atom. The molecule has 1 amide bonds. The van der Waals surface area contributed by atoms with Crippen molar-refractivity contribution in [2.75, 3.05) is 19.6 Å². The second-order valence-corrected chi connectivity index (χ2v) is 8.76. The quantitative estimate of drug-likeness (QED) is 0.498. The van der Waals surface area contributed by atoms with Crippen molar-refractivity contribution < 1.29 is 9.18 Å². The van der Waals surface area contributed by atoms with E-state index in [1.165, 1.54) is 11.6 Å². The van der Waals surface area contributed by atoms with Crippen LogP contribution in [0.2, 0.25) is 0 Å². The molecule has 1 N–H and O–H groups in total. The second kappa shape index (κ2) is 10.5. The highest BCUT2D eigenvalue weighted by molar-refractivity contribution is 5.83. The third-order valence-corrected chi connectivity index (χ3v) is 6.54. The molecule has 170 valence electrons. The van der Waals surface area contributed by atoms with Gasteiger partial charge in [-0.05, 0) is 67.2 Å². The van der Waals surface area contributed by atoms with Crippen molar-refractivity contribution in [1.29, 1.82) is 0 Å². The van der Waals surface area contributed by atoms with Gasteiger partial charge in [-0.15, -0.1) is 6.58 Å². The van der Waals surface area contributed by atoms with Gasteiger partial charge in [0.05, 0.1) is 5.41 Å². The summed E-state index contributed by atoms with van der Waals surface area (Å²) in [6.07, 6.45) is 7.59. The smallest absolute Gasteiger partial charge is 0.226 e. The van der Waals surface area contributed by atoms with Crippen LogP contribution in [0.15, 0.2) is 85.7 Å². The molecule has 0 radical (unpaired) electrons. The van der Waals surface area contributed by atoms with Gasteiger partial charge in [0.2, 0.25) is 5.91 Å². The van der Waals surface area contributed by atoms with E-state index in [9.17, 15) is 9.18 Å². The fraction of sp³-hybridized carbons (Fsp3) is 0.286. The van der Waals surface area contributed by atoms with Crippen LogP contribution >= 0.6 is 0 Å². The average Bonchev–Trinajstić information content (AvgIpc) is 2.85. The lowest BCUT2D eigenvalue weighted by atomic mass is 9.72. The van der Waals surface area contributed by atoms with Crippen LogP contribution < -0.4 is 5.32 Å². The first-order chi connectivity index (χ1) is 16.1. The molecular weight excluding hydrogens is 413 g/mol. The molecule has 0 saturated carbocycles. The Bertz CT molecular complexity index is 1070.